The molecule has 8 heterocycles. The molecule has 15 rings (SSSR count). The van der Waals surface area contributed by atoms with Crippen LogP contribution in [0.5, 0.6) is 0 Å². The summed E-state index contributed by atoms with van der Waals surface area (Å²) in [5, 5.41) is 10.4. The Hall–Kier alpha value is -7.51. The number of aliphatic imine (C=N–C) groups is 2. The first-order valence-electron chi connectivity index (χ1n) is 18.8. The SMILES string of the molecule is c1ccc(C2=c3c4cc5ccccc5cc4c4n3C35n6c(c7ccccc7c6N=C6c7ccccc7C2=[N+]63)N=C2c3cc6ccccc6cc3C(=[N+]25)N=4)cc1. The van der Waals surface area contributed by atoms with Crippen molar-refractivity contribution in [3.05, 3.63) is 190 Å². The van der Waals surface area contributed by atoms with Crippen molar-refractivity contribution in [2.24, 2.45) is 15.0 Å². The van der Waals surface area contributed by atoms with Crippen LogP contribution in [0.1, 0.15) is 27.8 Å². The van der Waals surface area contributed by atoms with Gasteiger partial charge in [0.1, 0.15) is 0 Å². The molecule has 0 amide bonds. The van der Waals surface area contributed by atoms with Crippen LogP contribution in [0.3, 0.4) is 0 Å². The Kier molecular flexibility index (Phi) is 4.35. The molecule has 250 valence electrons. The van der Waals surface area contributed by atoms with Gasteiger partial charge < -0.3 is 0 Å². The normalized spacial score (nSPS) is 18.8. The van der Waals surface area contributed by atoms with Gasteiger partial charge in [0.25, 0.3) is 17.5 Å². The molecule has 7 heteroatoms. The number of amidine groups is 3. The number of benzene rings is 7. The van der Waals surface area contributed by atoms with E-state index in [-0.39, 0.29) is 0 Å². The molecular weight excluding hydrogens is 675 g/mol. The van der Waals surface area contributed by atoms with Crippen molar-refractivity contribution in [2.75, 3.05) is 0 Å². The van der Waals surface area contributed by atoms with E-state index in [1.165, 1.54) is 38.1 Å². The molecule has 7 aromatic carbocycles. The third-order valence-electron chi connectivity index (χ3n) is 12.7. The van der Waals surface area contributed by atoms with Gasteiger partial charge in [-0.25, -0.2) is 4.57 Å². The third kappa shape index (κ3) is 2.82. The first-order chi connectivity index (χ1) is 27.3. The molecule has 2 aromatic heterocycles. The summed E-state index contributed by atoms with van der Waals surface area (Å²) in [6, 6.07) is 55.1. The lowest BCUT2D eigenvalue weighted by Gasteiger charge is -2.41. The summed E-state index contributed by atoms with van der Waals surface area (Å²) in [5.74, 6) is 3.54. The van der Waals surface area contributed by atoms with Crippen molar-refractivity contribution < 1.29 is 9.15 Å². The highest BCUT2D eigenvalue weighted by Crippen LogP contribution is 2.53. The molecule has 0 bridgehead atoms. The number of rotatable bonds is 1. The van der Waals surface area contributed by atoms with Crippen molar-refractivity contribution in [3.8, 4) is 0 Å². The summed E-state index contributed by atoms with van der Waals surface area (Å²) in [4.78, 5) is 17.2. The van der Waals surface area contributed by atoms with Gasteiger partial charge in [-0.15, -0.1) is 9.15 Å². The van der Waals surface area contributed by atoms with E-state index in [1.54, 1.807) is 0 Å². The fourth-order valence-electron chi connectivity index (χ4n) is 10.6. The standard InChI is InChI=1S/C48H25N7/c1-2-12-26(13-3-1)39-40-31-18-8-9-19-32(31)42-49-43-33-20-10-11-21-34(33)44-50-46-37-24-29-16-6-7-17-30(29)25-38(37)47-51-45-36-23-28-15-5-4-14-27(28)22-35(36)41(39)53(45)48(52(40)42,54(43)44)55(46)47/h1-25H/q+2. The molecule has 1 unspecified atom stereocenters. The molecule has 6 aliphatic rings. The largest absolute Gasteiger partial charge is 0.423 e. The monoisotopic (exact) mass is 699 g/mol. The van der Waals surface area contributed by atoms with Gasteiger partial charge in [-0.1, -0.05) is 113 Å². The topological polar surface area (TPSA) is 53.0 Å². The van der Waals surface area contributed by atoms with Crippen LogP contribution in [0.15, 0.2) is 167 Å². The maximum Gasteiger partial charge on any atom is 0.423 e. The van der Waals surface area contributed by atoms with Crippen LogP contribution in [0.25, 0.3) is 48.7 Å². The molecular formula is C48H25N7+2. The number of hydrogen-bond donors (Lipinski definition) is 0. The molecule has 0 fully saturated rings. The molecule has 0 saturated carbocycles. The van der Waals surface area contributed by atoms with Crippen molar-refractivity contribution >= 4 is 83.5 Å². The Balaban J connectivity index is 1.28. The quantitative estimate of drug-likeness (QED) is 0.158. The molecule has 55 heavy (non-hydrogen) atoms. The first kappa shape index (κ1) is 27.1. The first-order valence-corrected chi connectivity index (χ1v) is 18.8. The van der Waals surface area contributed by atoms with Gasteiger partial charge in [-0.05, 0) is 80.6 Å². The van der Waals surface area contributed by atoms with Crippen LogP contribution < -0.4 is 10.8 Å². The zero-order chi connectivity index (χ0) is 35.3. The van der Waals surface area contributed by atoms with Crippen molar-refractivity contribution in [1.82, 2.24) is 9.13 Å². The van der Waals surface area contributed by atoms with Gasteiger partial charge in [-0.3, -0.25) is 0 Å². The number of nitrogens with zero attached hydrogens (tertiary/aromatic N) is 7. The van der Waals surface area contributed by atoms with E-state index < -0.39 is 5.91 Å². The van der Waals surface area contributed by atoms with E-state index in [0.29, 0.717) is 0 Å². The molecule has 9 aromatic rings. The van der Waals surface area contributed by atoms with Crippen LogP contribution >= 0.6 is 0 Å². The molecule has 1 atom stereocenters. The Bertz CT molecular complexity index is 3700. The summed E-state index contributed by atoms with van der Waals surface area (Å²) < 4.78 is 9.92. The smallest absolute Gasteiger partial charge is 0.216 e. The predicted octanol–water partition coefficient (Wildman–Crippen LogP) is 7.64. The van der Waals surface area contributed by atoms with Crippen molar-refractivity contribution in [3.63, 3.8) is 0 Å². The Morgan fingerprint density at radius 1 is 0.436 bits per heavy atom. The summed E-state index contributed by atoms with van der Waals surface area (Å²) in [7, 11) is 0. The van der Waals surface area contributed by atoms with Crippen LogP contribution in [0.4, 0.5) is 11.6 Å². The van der Waals surface area contributed by atoms with Crippen LogP contribution in [0, 0.1) is 0 Å². The Morgan fingerprint density at radius 2 is 1.00 bits per heavy atom. The highest BCUT2D eigenvalue weighted by Gasteiger charge is 2.70. The second-order valence-corrected chi connectivity index (χ2v) is 15.2. The molecule has 6 aliphatic heterocycles. The van der Waals surface area contributed by atoms with E-state index in [0.717, 1.165) is 84.1 Å². The van der Waals surface area contributed by atoms with E-state index in [1.807, 2.05) is 0 Å². The highest BCUT2D eigenvalue weighted by atomic mass is 15.7. The summed E-state index contributed by atoms with van der Waals surface area (Å²) in [6.45, 7) is 0. The van der Waals surface area contributed by atoms with Crippen LogP contribution in [0.2, 0.25) is 0 Å². The minimum atomic E-state index is -1.01. The molecule has 0 radical (unpaired) electrons. The average molecular weight is 700 g/mol. The van der Waals surface area contributed by atoms with Gasteiger partial charge in [0.2, 0.25) is 11.3 Å². The van der Waals surface area contributed by atoms with Gasteiger partial charge >= 0.3 is 11.7 Å². The lowest BCUT2D eigenvalue weighted by molar-refractivity contribution is -0.789. The van der Waals surface area contributed by atoms with Gasteiger partial charge in [-0.2, -0.15) is 4.57 Å². The molecule has 1 spiro atoms. The molecule has 0 N–H and O–H groups in total. The van der Waals surface area contributed by atoms with Gasteiger partial charge in [0, 0.05) is 21.7 Å². The fourth-order valence-corrected chi connectivity index (χ4v) is 10.6. The van der Waals surface area contributed by atoms with E-state index in [4.69, 9.17) is 15.0 Å². The van der Waals surface area contributed by atoms with Crippen LogP contribution in [-0.2, 0) is 5.91 Å². The third-order valence-corrected chi connectivity index (χ3v) is 12.7. The van der Waals surface area contributed by atoms with E-state index >= 15 is 0 Å². The summed E-state index contributed by atoms with van der Waals surface area (Å²) in [5.41, 5.74) is 8.87. The van der Waals surface area contributed by atoms with Gasteiger partial charge in [0.15, 0.2) is 5.71 Å². The zero-order valence-corrected chi connectivity index (χ0v) is 29.1. The lowest BCUT2D eigenvalue weighted by Crippen LogP contribution is -2.72. The highest BCUT2D eigenvalue weighted by molar-refractivity contribution is 6.36. The van der Waals surface area contributed by atoms with E-state index in [2.05, 4.69) is 170 Å². The van der Waals surface area contributed by atoms with E-state index in [9.17, 15) is 0 Å². The second-order valence-electron chi connectivity index (χ2n) is 15.2. The van der Waals surface area contributed by atoms with Gasteiger partial charge in [0.05, 0.1) is 33.0 Å². The average Bonchev–Trinajstić information content (AvgIpc) is 3.95. The minimum absolute atomic E-state index is 0.903. The molecule has 0 aliphatic carbocycles. The summed E-state index contributed by atoms with van der Waals surface area (Å²) >= 11 is 0. The molecule has 0 saturated heterocycles. The van der Waals surface area contributed by atoms with Crippen LogP contribution in [-0.4, -0.2) is 41.5 Å². The van der Waals surface area contributed by atoms with Crippen molar-refractivity contribution in [2.45, 2.75) is 5.91 Å². The summed E-state index contributed by atoms with van der Waals surface area (Å²) in [6.07, 6.45) is 0. The maximum atomic E-state index is 5.81. The Labute approximate surface area is 312 Å². The second kappa shape index (κ2) is 8.81. The lowest BCUT2D eigenvalue weighted by atomic mass is 9.92. The maximum absolute atomic E-state index is 5.81. The van der Waals surface area contributed by atoms with Crippen molar-refractivity contribution in [1.29, 1.82) is 0 Å². The fraction of sp³-hybridized carbons (Fsp3) is 0.0208. The predicted molar refractivity (Wildman–Crippen MR) is 216 cm³/mol. The zero-order valence-electron chi connectivity index (χ0n) is 29.1. The minimum Gasteiger partial charge on any atom is -0.216 e. The molecule has 7 nitrogen and oxygen atoms in total. The number of aromatic nitrogens is 2. The Morgan fingerprint density at radius 3 is 1.71 bits per heavy atom. The number of hydrogen-bond acceptors (Lipinski definition) is 3. The number of fused-ring (bicyclic) bond motifs is 14.